The first-order chi connectivity index (χ1) is 8.58. The van der Waals surface area contributed by atoms with Gasteiger partial charge in [0.25, 0.3) is 0 Å². The van der Waals surface area contributed by atoms with Crippen molar-refractivity contribution < 1.29 is 4.79 Å². The van der Waals surface area contributed by atoms with E-state index in [9.17, 15) is 4.79 Å². The number of amides is 1. The average Bonchev–Trinajstić information content (AvgIpc) is 2.38. The molecule has 18 heavy (non-hydrogen) atoms. The van der Waals surface area contributed by atoms with Crippen LogP contribution in [0.25, 0.3) is 0 Å². The molecule has 106 valence electrons. The van der Waals surface area contributed by atoms with E-state index in [2.05, 4.69) is 29.4 Å². The molecule has 3 atom stereocenters. The summed E-state index contributed by atoms with van der Waals surface area (Å²) >= 11 is 0. The van der Waals surface area contributed by atoms with Gasteiger partial charge in [0, 0.05) is 18.6 Å². The number of nitrogens with one attached hydrogen (secondary N) is 2. The van der Waals surface area contributed by atoms with Crippen molar-refractivity contribution in [2.24, 2.45) is 0 Å². The topological polar surface area (TPSA) is 44.4 Å². The number of rotatable bonds is 6. The van der Waals surface area contributed by atoms with Gasteiger partial charge in [-0.2, -0.15) is 0 Å². The standard InChI is InChI=1S/C14H29N3O/c1-5-7-11(2)16-14(18)12(3)17-9-6-8-13(10-17)15-4/h11-13,15H,5-10H2,1-4H3,(H,16,18). The highest BCUT2D eigenvalue weighted by Crippen LogP contribution is 2.13. The van der Waals surface area contributed by atoms with Crippen LogP contribution in [0.1, 0.15) is 46.5 Å². The summed E-state index contributed by atoms with van der Waals surface area (Å²) in [7, 11) is 2.00. The summed E-state index contributed by atoms with van der Waals surface area (Å²) in [6.07, 6.45) is 4.56. The zero-order chi connectivity index (χ0) is 13.5. The molecule has 0 bridgehead atoms. The number of likely N-dealkylation sites (tertiary alicyclic amines) is 1. The number of hydrogen-bond acceptors (Lipinski definition) is 3. The van der Waals surface area contributed by atoms with E-state index in [-0.39, 0.29) is 18.0 Å². The van der Waals surface area contributed by atoms with E-state index < -0.39 is 0 Å². The van der Waals surface area contributed by atoms with Crippen LogP contribution in [0.15, 0.2) is 0 Å². The fourth-order valence-electron chi connectivity index (χ4n) is 2.63. The predicted octanol–water partition coefficient (Wildman–Crippen LogP) is 1.36. The van der Waals surface area contributed by atoms with Crippen molar-refractivity contribution in [2.75, 3.05) is 20.1 Å². The van der Waals surface area contributed by atoms with E-state index in [0.717, 1.165) is 25.9 Å². The summed E-state index contributed by atoms with van der Waals surface area (Å²) in [5, 5.41) is 6.43. The number of hydrogen-bond donors (Lipinski definition) is 2. The molecule has 1 heterocycles. The van der Waals surface area contributed by atoms with E-state index in [1.54, 1.807) is 0 Å². The molecule has 1 rings (SSSR count). The zero-order valence-electron chi connectivity index (χ0n) is 12.3. The van der Waals surface area contributed by atoms with Gasteiger partial charge in [0.1, 0.15) is 0 Å². The van der Waals surface area contributed by atoms with Gasteiger partial charge < -0.3 is 10.6 Å². The van der Waals surface area contributed by atoms with Gasteiger partial charge in [-0.3, -0.25) is 9.69 Å². The number of carbonyl (C=O) groups excluding carboxylic acids is 1. The second kappa shape index (κ2) is 7.74. The lowest BCUT2D eigenvalue weighted by atomic mass is 10.0. The highest BCUT2D eigenvalue weighted by atomic mass is 16.2. The molecule has 0 aromatic rings. The van der Waals surface area contributed by atoms with Crippen LogP contribution in [-0.2, 0) is 4.79 Å². The number of piperidine rings is 1. The second-order valence-corrected chi connectivity index (χ2v) is 5.50. The molecule has 0 aromatic carbocycles. The minimum Gasteiger partial charge on any atom is -0.352 e. The normalized spacial score (nSPS) is 24.6. The SMILES string of the molecule is CCCC(C)NC(=O)C(C)N1CCCC(NC)C1. The Morgan fingerprint density at radius 1 is 1.44 bits per heavy atom. The van der Waals surface area contributed by atoms with Crippen LogP contribution in [0, 0.1) is 0 Å². The lowest BCUT2D eigenvalue weighted by Crippen LogP contribution is -2.53. The van der Waals surface area contributed by atoms with Crippen molar-refractivity contribution in [3.8, 4) is 0 Å². The van der Waals surface area contributed by atoms with Crippen LogP contribution in [0.4, 0.5) is 0 Å². The summed E-state index contributed by atoms with van der Waals surface area (Å²) in [4.78, 5) is 14.4. The third-order valence-electron chi connectivity index (χ3n) is 3.90. The third-order valence-corrected chi connectivity index (χ3v) is 3.90. The Bertz CT molecular complexity index is 257. The zero-order valence-corrected chi connectivity index (χ0v) is 12.3. The molecule has 0 aliphatic carbocycles. The molecule has 0 spiro atoms. The van der Waals surface area contributed by atoms with Crippen molar-refractivity contribution >= 4 is 5.91 Å². The van der Waals surface area contributed by atoms with Crippen LogP contribution in [0.3, 0.4) is 0 Å². The molecule has 1 aliphatic heterocycles. The number of nitrogens with zero attached hydrogens (tertiary/aromatic N) is 1. The van der Waals surface area contributed by atoms with Crippen LogP contribution in [-0.4, -0.2) is 49.1 Å². The number of carbonyl (C=O) groups is 1. The Labute approximate surface area is 111 Å². The molecular weight excluding hydrogens is 226 g/mol. The van der Waals surface area contributed by atoms with Crippen molar-refractivity contribution in [1.29, 1.82) is 0 Å². The molecule has 4 heteroatoms. The van der Waals surface area contributed by atoms with E-state index in [4.69, 9.17) is 0 Å². The largest absolute Gasteiger partial charge is 0.352 e. The summed E-state index contributed by atoms with van der Waals surface area (Å²) in [5.74, 6) is 0.174. The smallest absolute Gasteiger partial charge is 0.237 e. The minimum atomic E-state index is -0.0135. The molecule has 1 saturated heterocycles. The maximum atomic E-state index is 12.1. The fourth-order valence-corrected chi connectivity index (χ4v) is 2.63. The monoisotopic (exact) mass is 255 g/mol. The molecule has 4 nitrogen and oxygen atoms in total. The first kappa shape index (κ1) is 15.4. The Balaban J connectivity index is 2.42. The summed E-state index contributed by atoms with van der Waals surface area (Å²) < 4.78 is 0. The van der Waals surface area contributed by atoms with Crippen LogP contribution in [0.5, 0.6) is 0 Å². The highest BCUT2D eigenvalue weighted by Gasteiger charge is 2.26. The van der Waals surface area contributed by atoms with Gasteiger partial charge in [-0.1, -0.05) is 13.3 Å². The molecular formula is C14H29N3O. The van der Waals surface area contributed by atoms with Gasteiger partial charge in [0.05, 0.1) is 6.04 Å². The fraction of sp³-hybridized carbons (Fsp3) is 0.929. The van der Waals surface area contributed by atoms with E-state index >= 15 is 0 Å². The second-order valence-electron chi connectivity index (χ2n) is 5.50. The van der Waals surface area contributed by atoms with Crippen molar-refractivity contribution in [3.63, 3.8) is 0 Å². The quantitative estimate of drug-likeness (QED) is 0.753. The summed E-state index contributed by atoms with van der Waals surface area (Å²) in [5.41, 5.74) is 0. The van der Waals surface area contributed by atoms with Gasteiger partial charge in [0.15, 0.2) is 0 Å². The van der Waals surface area contributed by atoms with Gasteiger partial charge in [-0.15, -0.1) is 0 Å². The van der Waals surface area contributed by atoms with Crippen molar-refractivity contribution in [1.82, 2.24) is 15.5 Å². The first-order valence-corrected chi connectivity index (χ1v) is 7.30. The van der Waals surface area contributed by atoms with Crippen LogP contribution < -0.4 is 10.6 Å². The Kier molecular flexibility index (Phi) is 6.65. The Hall–Kier alpha value is -0.610. The molecule has 0 aromatic heterocycles. The van der Waals surface area contributed by atoms with E-state index in [1.165, 1.54) is 12.8 Å². The molecule has 1 amide bonds. The molecule has 2 N–H and O–H groups in total. The van der Waals surface area contributed by atoms with Gasteiger partial charge >= 0.3 is 0 Å². The highest BCUT2D eigenvalue weighted by molar-refractivity contribution is 5.81. The van der Waals surface area contributed by atoms with Crippen LogP contribution in [0.2, 0.25) is 0 Å². The summed E-state index contributed by atoms with van der Waals surface area (Å²) in [6.45, 7) is 8.27. The van der Waals surface area contributed by atoms with Gasteiger partial charge in [-0.05, 0) is 46.7 Å². The Morgan fingerprint density at radius 2 is 2.17 bits per heavy atom. The van der Waals surface area contributed by atoms with E-state index in [0.29, 0.717) is 6.04 Å². The lowest BCUT2D eigenvalue weighted by molar-refractivity contribution is -0.127. The molecule has 3 unspecified atom stereocenters. The van der Waals surface area contributed by atoms with Crippen LogP contribution >= 0.6 is 0 Å². The van der Waals surface area contributed by atoms with Gasteiger partial charge in [0.2, 0.25) is 5.91 Å². The summed E-state index contributed by atoms with van der Waals surface area (Å²) in [6, 6.07) is 0.803. The molecule has 1 aliphatic rings. The Morgan fingerprint density at radius 3 is 2.78 bits per heavy atom. The maximum Gasteiger partial charge on any atom is 0.237 e. The molecule has 0 saturated carbocycles. The third kappa shape index (κ3) is 4.58. The predicted molar refractivity (Wildman–Crippen MR) is 75.6 cm³/mol. The van der Waals surface area contributed by atoms with Gasteiger partial charge in [-0.25, -0.2) is 0 Å². The maximum absolute atomic E-state index is 12.1. The number of likely N-dealkylation sites (N-methyl/N-ethyl adjacent to an activating group) is 1. The lowest BCUT2D eigenvalue weighted by Gasteiger charge is -2.36. The first-order valence-electron chi connectivity index (χ1n) is 7.30. The van der Waals surface area contributed by atoms with Crippen molar-refractivity contribution in [3.05, 3.63) is 0 Å². The average molecular weight is 255 g/mol. The molecule has 1 fully saturated rings. The van der Waals surface area contributed by atoms with Crippen molar-refractivity contribution in [2.45, 2.75) is 64.6 Å². The van der Waals surface area contributed by atoms with E-state index in [1.807, 2.05) is 14.0 Å². The molecule has 0 radical (unpaired) electrons. The minimum absolute atomic E-state index is 0.0135.